The number of carboxylic acids is 1. The third-order valence-corrected chi connectivity index (χ3v) is 6.20. The lowest BCUT2D eigenvalue weighted by Gasteiger charge is -2.40. The highest BCUT2D eigenvalue weighted by Crippen LogP contribution is 2.43. The predicted octanol–water partition coefficient (Wildman–Crippen LogP) is 1.95. The average molecular weight is 378 g/mol. The molecule has 8 nitrogen and oxygen atoms in total. The maximum absolute atomic E-state index is 12.4. The van der Waals surface area contributed by atoms with E-state index < -0.39 is 33.4 Å². The Balaban J connectivity index is 2.52. The van der Waals surface area contributed by atoms with Crippen LogP contribution < -0.4 is 5.32 Å². The summed E-state index contributed by atoms with van der Waals surface area (Å²) in [5.41, 5.74) is -0.970. The first-order valence-electron chi connectivity index (χ1n) is 8.45. The summed E-state index contributed by atoms with van der Waals surface area (Å²) in [6.45, 7) is 5.02. The molecule has 9 heteroatoms. The number of carbonyl (C=O) groups excluding carboxylic acids is 1. The maximum atomic E-state index is 12.4. The van der Waals surface area contributed by atoms with E-state index in [4.69, 9.17) is 9.52 Å². The molecular weight excluding hydrogens is 348 g/mol. The molecule has 0 bridgehead atoms. The molecule has 0 unspecified atom stereocenters. The van der Waals surface area contributed by atoms with Crippen LogP contribution in [0.4, 0.5) is 4.79 Å². The molecule has 0 aromatic heterocycles. The summed E-state index contributed by atoms with van der Waals surface area (Å²) >= 11 is 0. The molecule has 0 spiro atoms. The third-order valence-electron chi connectivity index (χ3n) is 4.44. The Morgan fingerprint density at radius 2 is 1.92 bits per heavy atom. The lowest BCUT2D eigenvalue weighted by atomic mass is 9.68. The number of carbonyl (C=O) groups is 2. The molecular formula is C16H30N2O6S. The van der Waals surface area contributed by atoms with Gasteiger partial charge in [-0.2, -0.15) is 0 Å². The Bertz CT molecular complexity index is 572. The summed E-state index contributed by atoms with van der Waals surface area (Å²) < 4.78 is 25.3. The van der Waals surface area contributed by atoms with E-state index in [0.29, 0.717) is 6.42 Å². The minimum absolute atomic E-state index is 0.0282. The van der Waals surface area contributed by atoms with Crippen molar-refractivity contribution >= 4 is 21.8 Å². The van der Waals surface area contributed by atoms with Gasteiger partial charge in [-0.05, 0) is 51.9 Å². The molecule has 2 atom stereocenters. The predicted molar refractivity (Wildman–Crippen MR) is 94.0 cm³/mol. The minimum Gasteiger partial charge on any atom is -0.480 e. The summed E-state index contributed by atoms with van der Waals surface area (Å²) in [5, 5.41) is 20.9. The Morgan fingerprint density at radius 1 is 1.32 bits per heavy atom. The smallest absolute Gasteiger partial charge is 0.408 e. The number of aliphatic hydroxyl groups excluding tert-OH is 1. The third kappa shape index (κ3) is 7.60. The Hall–Kier alpha value is -1.35. The molecule has 1 aliphatic rings. The molecule has 0 radical (unpaired) electrons. The number of aliphatic carboxylic acids is 1. The molecule has 0 aromatic carbocycles. The minimum atomic E-state index is -2.97. The van der Waals surface area contributed by atoms with E-state index in [9.17, 15) is 24.0 Å². The number of hydrogen-bond donors (Lipinski definition) is 4. The number of amides is 1. The Morgan fingerprint density at radius 3 is 2.32 bits per heavy atom. The first kappa shape index (κ1) is 21.7. The van der Waals surface area contributed by atoms with Gasteiger partial charge in [0.2, 0.25) is 0 Å². The summed E-state index contributed by atoms with van der Waals surface area (Å²) in [6, 6.07) is -1.25. The van der Waals surface area contributed by atoms with Crippen LogP contribution in [0, 0.1) is 10.2 Å². The van der Waals surface area contributed by atoms with Gasteiger partial charge in [-0.25, -0.2) is 13.8 Å². The SMILES string of the molecule is CC(C)(C)OC(=O)N[C@@H](CC[S@@](=N)(=O)CCC1(CO)CCC1)C(=O)O. The van der Waals surface area contributed by atoms with Crippen LogP contribution in [0.3, 0.4) is 0 Å². The molecule has 4 N–H and O–H groups in total. The van der Waals surface area contributed by atoms with Crippen LogP contribution in [0.25, 0.3) is 0 Å². The second-order valence-electron chi connectivity index (χ2n) is 7.81. The molecule has 1 fully saturated rings. The van der Waals surface area contributed by atoms with Crippen LogP contribution >= 0.6 is 0 Å². The van der Waals surface area contributed by atoms with Crippen molar-refractivity contribution in [2.45, 2.75) is 64.5 Å². The molecule has 146 valence electrons. The molecule has 0 saturated heterocycles. The largest absolute Gasteiger partial charge is 0.480 e. The highest BCUT2D eigenvalue weighted by atomic mass is 32.2. The maximum Gasteiger partial charge on any atom is 0.408 e. The van der Waals surface area contributed by atoms with Gasteiger partial charge in [0.1, 0.15) is 11.6 Å². The van der Waals surface area contributed by atoms with Gasteiger partial charge in [-0.3, -0.25) is 4.78 Å². The standard InChI is InChI=1S/C16H30N2O6S/c1-15(2,3)24-14(22)18-12(13(20)21)5-9-25(17,23)10-8-16(11-19)6-4-7-16/h12,17,19H,4-11H2,1-3H3,(H,18,22)(H,20,21)/t12-,25+/m0/s1. The van der Waals surface area contributed by atoms with E-state index >= 15 is 0 Å². The van der Waals surface area contributed by atoms with Gasteiger partial charge < -0.3 is 20.3 Å². The van der Waals surface area contributed by atoms with Crippen LogP contribution in [0.15, 0.2) is 0 Å². The normalized spacial score (nSPS) is 20.0. The number of nitrogens with one attached hydrogen (secondary N) is 2. The summed E-state index contributed by atoms with van der Waals surface area (Å²) in [5.74, 6) is -1.25. The van der Waals surface area contributed by atoms with E-state index in [1.165, 1.54) is 0 Å². The quantitative estimate of drug-likeness (QED) is 0.484. The van der Waals surface area contributed by atoms with Crippen molar-refractivity contribution < 1.29 is 28.7 Å². The van der Waals surface area contributed by atoms with Gasteiger partial charge in [0.25, 0.3) is 0 Å². The first-order valence-corrected chi connectivity index (χ1v) is 10.4. The van der Waals surface area contributed by atoms with Crippen molar-refractivity contribution in [1.82, 2.24) is 5.32 Å². The second-order valence-corrected chi connectivity index (χ2v) is 10.2. The molecule has 1 amide bonds. The van der Waals surface area contributed by atoms with E-state index in [1.54, 1.807) is 20.8 Å². The van der Waals surface area contributed by atoms with E-state index in [2.05, 4.69) is 5.32 Å². The lowest BCUT2D eigenvalue weighted by molar-refractivity contribution is -0.139. The van der Waals surface area contributed by atoms with Crippen LogP contribution in [-0.4, -0.2) is 56.2 Å². The Kier molecular flexibility index (Phi) is 7.25. The van der Waals surface area contributed by atoms with Crippen molar-refractivity contribution in [1.29, 1.82) is 4.78 Å². The van der Waals surface area contributed by atoms with E-state index in [-0.39, 0.29) is 29.9 Å². The molecule has 0 aliphatic heterocycles. The summed E-state index contributed by atoms with van der Waals surface area (Å²) in [4.78, 5) is 23.0. The van der Waals surface area contributed by atoms with Gasteiger partial charge in [0.05, 0.1) is 0 Å². The van der Waals surface area contributed by atoms with Crippen LogP contribution in [0.2, 0.25) is 0 Å². The zero-order chi connectivity index (χ0) is 19.3. The molecule has 25 heavy (non-hydrogen) atoms. The van der Waals surface area contributed by atoms with Crippen LogP contribution in [-0.2, 0) is 19.3 Å². The van der Waals surface area contributed by atoms with Crippen molar-refractivity contribution in [2.75, 3.05) is 18.1 Å². The molecule has 0 heterocycles. The van der Waals surface area contributed by atoms with Crippen molar-refractivity contribution in [2.24, 2.45) is 5.41 Å². The zero-order valence-electron chi connectivity index (χ0n) is 15.2. The highest BCUT2D eigenvalue weighted by molar-refractivity contribution is 7.92. The van der Waals surface area contributed by atoms with Crippen molar-refractivity contribution in [3.8, 4) is 0 Å². The number of carboxylic acid groups (broad SMARTS) is 1. The number of rotatable bonds is 9. The monoisotopic (exact) mass is 378 g/mol. The fraction of sp³-hybridized carbons (Fsp3) is 0.875. The van der Waals surface area contributed by atoms with E-state index in [0.717, 1.165) is 19.3 Å². The number of aliphatic hydroxyl groups is 1. The summed E-state index contributed by atoms with van der Waals surface area (Å²) in [6.07, 6.45) is 2.31. The molecule has 1 aliphatic carbocycles. The van der Waals surface area contributed by atoms with Gasteiger partial charge >= 0.3 is 12.1 Å². The molecule has 1 saturated carbocycles. The van der Waals surface area contributed by atoms with Gasteiger partial charge in [0.15, 0.2) is 0 Å². The van der Waals surface area contributed by atoms with Crippen molar-refractivity contribution in [3.63, 3.8) is 0 Å². The first-order chi connectivity index (χ1) is 11.4. The van der Waals surface area contributed by atoms with Gasteiger partial charge in [0, 0.05) is 27.8 Å². The van der Waals surface area contributed by atoms with E-state index in [1.807, 2.05) is 0 Å². The summed E-state index contributed by atoms with van der Waals surface area (Å²) in [7, 11) is -2.97. The zero-order valence-corrected chi connectivity index (χ0v) is 16.0. The molecule has 0 aromatic rings. The van der Waals surface area contributed by atoms with Crippen LogP contribution in [0.5, 0.6) is 0 Å². The highest BCUT2D eigenvalue weighted by Gasteiger charge is 2.36. The van der Waals surface area contributed by atoms with Crippen molar-refractivity contribution in [3.05, 3.63) is 0 Å². The number of alkyl carbamates (subject to hydrolysis) is 1. The Labute approximate surface area is 149 Å². The van der Waals surface area contributed by atoms with Crippen LogP contribution in [0.1, 0.15) is 52.9 Å². The fourth-order valence-electron chi connectivity index (χ4n) is 2.66. The van der Waals surface area contributed by atoms with Gasteiger partial charge in [-0.15, -0.1) is 0 Å². The number of hydrogen-bond acceptors (Lipinski definition) is 6. The van der Waals surface area contributed by atoms with Gasteiger partial charge in [-0.1, -0.05) is 6.42 Å². The number of ether oxygens (including phenoxy) is 1. The average Bonchev–Trinajstić information content (AvgIpc) is 2.40. The lowest BCUT2D eigenvalue weighted by Crippen LogP contribution is -2.44. The second kappa shape index (κ2) is 8.35. The topological polar surface area (TPSA) is 137 Å². The fourth-order valence-corrected chi connectivity index (χ4v) is 4.25. The molecule has 1 rings (SSSR count).